The predicted molar refractivity (Wildman–Crippen MR) is 107 cm³/mol. The third kappa shape index (κ3) is 5.48. The number of benzene rings is 1. The lowest BCUT2D eigenvalue weighted by atomic mass is 10.1. The molecule has 0 amide bonds. The molecular weight excluding hydrogens is 449 g/mol. The topological polar surface area (TPSA) is 208 Å². The van der Waals surface area contributed by atoms with Crippen molar-refractivity contribution < 1.29 is 38.5 Å². The fourth-order valence-corrected chi connectivity index (χ4v) is 4.29. The Bertz CT molecular complexity index is 1050. The van der Waals surface area contributed by atoms with Gasteiger partial charge in [0.25, 0.3) is 0 Å². The first-order valence-electron chi connectivity index (χ1n) is 9.32. The first-order chi connectivity index (χ1) is 15.1. The van der Waals surface area contributed by atoms with Crippen LogP contribution in [0, 0.1) is 0 Å². The number of rotatable bonds is 9. The van der Waals surface area contributed by atoms with Crippen LogP contribution in [0.25, 0.3) is 0 Å². The highest BCUT2D eigenvalue weighted by molar-refractivity contribution is 7.52. The summed E-state index contributed by atoms with van der Waals surface area (Å²) in [5.41, 5.74) is 4.46. The number of anilines is 1. The van der Waals surface area contributed by atoms with Crippen molar-refractivity contribution in [3.63, 3.8) is 0 Å². The average Bonchev–Trinajstić information content (AvgIpc) is 3.01. The third-order valence-corrected chi connectivity index (χ3v) is 6.06. The minimum atomic E-state index is -4.27. The van der Waals surface area contributed by atoms with Crippen molar-refractivity contribution in [1.82, 2.24) is 19.9 Å². The Morgan fingerprint density at radius 1 is 1.34 bits per heavy atom. The number of aliphatic carboxylic acids is 1. The van der Waals surface area contributed by atoms with Crippen LogP contribution in [0.15, 0.2) is 41.3 Å². The first kappa shape index (κ1) is 23.8. The Balaban J connectivity index is 1.75. The lowest BCUT2D eigenvalue weighted by molar-refractivity contribution is -0.138. The summed E-state index contributed by atoms with van der Waals surface area (Å²) in [6.45, 7) is 0.648. The molecular formula is C17H22N5O9P. The predicted octanol–water partition coefficient (Wildman–Crippen LogP) is -0.894. The summed E-state index contributed by atoms with van der Waals surface area (Å²) >= 11 is 0. The molecule has 32 heavy (non-hydrogen) atoms. The standard InChI is InChI=1S/C17H22N5O9P/c1-9(16(25)26)21-32(28,31-10-5-3-2-4-6-10)29-8-11-13(23)14(24)15(30-11)22-17(27)20-12(18)7-19-22/h2-7,9,11,13-15,23-24H,8H2,1H3,(H,21,28)(H,25,26)(H2,18,20,27)/t9-,11+,13+,14+,15+,32?/m0/s1. The number of nitrogens with zero attached hydrogens (tertiary/aromatic N) is 3. The maximum Gasteiger partial charge on any atom is 0.459 e. The molecule has 14 nitrogen and oxygen atoms in total. The molecule has 0 saturated carbocycles. The number of hydrogen-bond donors (Lipinski definition) is 5. The van der Waals surface area contributed by atoms with Gasteiger partial charge in [-0.25, -0.2) is 9.36 Å². The van der Waals surface area contributed by atoms with E-state index < -0.39 is 56.6 Å². The monoisotopic (exact) mass is 471 g/mol. The number of para-hydroxylation sites is 1. The number of aliphatic hydroxyl groups excluding tert-OH is 2. The van der Waals surface area contributed by atoms with Gasteiger partial charge in [-0.3, -0.25) is 9.32 Å². The number of nitrogens with two attached hydrogens (primary N) is 1. The minimum Gasteiger partial charge on any atom is -0.480 e. The van der Waals surface area contributed by atoms with Crippen LogP contribution >= 0.6 is 7.75 Å². The molecule has 1 saturated heterocycles. The fraction of sp³-hybridized carbons (Fsp3) is 0.412. The summed E-state index contributed by atoms with van der Waals surface area (Å²) in [7, 11) is -4.27. The Labute approximate surface area is 181 Å². The number of carboxylic acid groups (broad SMARTS) is 1. The summed E-state index contributed by atoms with van der Waals surface area (Å²) in [6.07, 6.45) is -4.78. The van der Waals surface area contributed by atoms with Crippen LogP contribution in [-0.4, -0.2) is 67.0 Å². The van der Waals surface area contributed by atoms with E-state index in [1.165, 1.54) is 19.1 Å². The number of nitrogens with one attached hydrogen (secondary N) is 1. The van der Waals surface area contributed by atoms with Crippen LogP contribution < -0.4 is 21.0 Å². The maximum atomic E-state index is 13.2. The first-order valence-corrected chi connectivity index (χ1v) is 10.9. The molecule has 174 valence electrons. The highest BCUT2D eigenvalue weighted by Crippen LogP contribution is 2.45. The van der Waals surface area contributed by atoms with Crippen molar-refractivity contribution in [3.05, 3.63) is 47.0 Å². The van der Waals surface area contributed by atoms with E-state index in [1.54, 1.807) is 18.2 Å². The van der Waals surface area contributed by atoms with E-state index in [9.17, 15) is 24.4 Å². The van der Waals surface area contributed by atoms with Gasteiger partial charge in [0.2, 0.25) is 0 Å². The lowest BCUT2D eigenvalue weighted by Gasteiger charge is -2.23. The normalized spacial score (nSPS) is 25.7. The van der Waals surface area contributed by atoms with E-state index >= 15 is 0 Å². The third-order valence-electron chi connectivity index (χ3n) is 4.41. The molecule has 1 aromatic heterocycles. The zero-order chi connectivity index (χ0) is 23.5. The van der Waals surface area contributed by atoms with Crippen LogP contribution in [0.3, 0.4) is 0 Å². The number of ether oxygens (including phenoxy) is 1. The van der Waals surface area contributed by atoms with Gasteiger partial charge >= 0.3 is 19.4 Å². The van der Waals surface area contributed by atoms with Crippen molar-refractivity contribution in [2.75, 3.05) is 12.3 Å². The average molecular weight is 471 g/mol. The Morgan fingerprint density at radius 3 is 2.66 bits per heavy atom. The molecule has 2 heterocycles. The second-order valence-corrected chi connectivity index (χ2v) is 8.54. The minimum absolute atomic E-state index is 0.135. The van der Waals surface area contributed by atoms with Crippen LogP contribution in [-0.2, 0) is 18.6 Å². The van der Waals surface area contributed by atoms with Gasteiger partial charge in [0, 0.05) is 0 Å². The highest BCUT2D eigenvalue weighted by atomic mass is 31.2. The molecule has 6 N–H and O–H groups in total. The highest BCUT2D eigenvalue weighted by Gasteiger charge is 2.46. The molecule has 3 rings (SSSR count). The zero-order valence-corrected chi connectivity index (χ0v) is 17.6. The Morgan fingerprint density at radius 2 is 2.03 bits per heavy atom. The molecule has 15 heteroatoms. The van der Waals surface area contributed by atoms with E-state index in [0.29, 0.717) is 4.68 Å². The second kappa shape index (κ2) is 9.73. The van der Waals surface area contributed by atoms with Gasteiger partial charge in [-0.1, -0.05) is 18.2 Å². The quantitative estimate of drug-likeness (QED) is 0.281. The Kier molecular flexibility index (Phi) is 7.23. The van der Waals surface area contributed by atoms with Crippen molar-refractivity contribution in [2.45, 2.75) is 37.5 Å². The smallest absolute Gasteiger partial charge is 0.459 e. The van der Waals surface area contributed by atoms with Gasteiger partial charge in [0.15, 0.2) is 6.23 Å². The summed E-state index contributed by atoms with van der Waals surface area (Å²) in [5, 5.41) is 35.7. The molecule has 0 bridgehead atoms. The summed E-state index contributed by atoms with van der Waals surface area (Å²) < 4.78 is 30.0. The van der Waals surface area contributed by atoms with E-state index in [4.69, 9.17) is 24.6 Å². The lowest BCUT2D eigenvalue weighted by Crippen LogP contribution is -2.38. The van der Waals surface area contributed by atoms with Gasteiger partial charge in [0.1, 0.15) is 35.9 Å². The van der Waals surface area contributed by atoms with Gasteiger partial charge in [-0.05, 0) is 19.1 Å². The van der Waals surface area contributed by atoms with Crippen molar-refractivity contribution in [3.8, 4) is 5.75 Å². The molecule has 0 aliphatic carbocycles. The van der Waals surface area contributed by atoms with Crippen molar-refractivity contribution in [1.29, 1.82) is 0 Å². The number of carboxylic acids is 1. The van der Waals surface area contributed by atoms with Gasteiger partial charge in [0.05, 0.1) is 12.8 Å². The fourth-order valence-electron chi connectivity index (χ4n) is 2.78. The largest absolute Gasteiger partial charge is 0.480 e. The van der Waals surface area contributed by atoms with Crippen LogP contribution in [0.1, 0.15) is 13.2 Å². The van der Waals surface area contributed by atoms with Crippen LogP contribution in [0.5, 0.6) is 5.75 Å². The summed E-state index contributed by atoms with van der Waals surface area (Å²) in [6, 6.07) is 6.57. The van der Waals surface area contributed by atoms with Crippen molar-refractivity contribution in [2.24, 2.45) is 0 Å². The number of hydrogen-bond acceptors (Lipinski definition) is 11. The molecule has 1 aromatic carbocycles. The van der Waals surface area contributed by atoms with E-state index in [0.717, 1.165) is 6.20 Å². The number of nitrogen functional groups attached to an aromatic ring is 1. The van der Waals surface area contributed by atoms with Gasteiger partial charge < -0.3 is 30.3 Å². The molecule has 1 aliphatic rings. The molecule has 0 spiro atoms. The molecule has 6 atom stereocenters. The van der Waals surface area contributed by atoms with Crippen molar-refractivity contribution >= 4 is 19.5 Å². The number of aromatic nitrogens is 3. The van der Waals surface area contributed by atoms with E-state index in [-0.39, 0.29) is 11.6 Å². The van der Waals surface area contributed by atoms with E-state index in [2.05, 4.69) is 15.2 Å². The summed E-state index contributed by atoms with van der Waals surface area (Å²) in [5.74, 6) is -1.31. The zero-order valence-electron chi connectivity index (χ0n) is 16.7. The SMILES string of the molecule is C[C@H](NP(=O)(OC[C@H]1O[C@@H](n2ncc(N)nc2=O)[C@H](O)[C@@H]1O)Oc1ccccc1)C(=O)O. The van der Waals surface area contributed by atoms with Gasteiger partial charge in [-0.2, -0.15) is 19.9 Å². The maximum absolute atomic E-state index is 13.2. The number of aliphatic hydroxyl groups is 2. The molecule has 2 aromatic rings. The molecule has 1 aliphatic heterocycles. The molecule has 0 radical (unpaired) electrons. The van der Waals surface area contributed by atoms with Crippen LogP contribution in [0.4, 0.5) is 5.82 Å². The van der Waals surface area contributed by atoms with Crippen LogP contribution in [0.2, 0.25) is 0 Å². The van der Waals surface area contributed by atoms with E-state index in [1.807, 2.05) is 0 Å². The number of carbonyl (C=O) groups is 1. The van der Waals surface area contributed by atoms with Gasteiger partial charge in [-0.15, -0.1) is 0 Å². The Hall–Kier alpha value is -2.87. The second-order valence-electron chi connectivity index (χ2n) is 6.84. The molecule has 1 fully saturated rings. The molecule has 1 unspecified atom stereocenters. The summed E-state index contributed by atoms with van der Waals surface area (Å²) in [4.78, 5) is 26.6.